The van der Waals surface area contributed by atoms with Crippen LogP contribution < -0.4 is 14.2 Å². The van der Waals surface area contributed by atoms with E-state index in [0.717, 1.165) is 12.5 Å². The van der Waals surface area contributed by atoms with Crippen LogP contribution >= 0.6 is 0 Å². The van der Waals surface area contributed by atoms with Gasteiger partial charge < -0.3 is 54.3 Å². The zero-order valence-corrected chi connectivity index (χ0v) is 19.7. The van der Waals surface area contributed by atoms with Crippen LogP contribution in [0.5, 0.6) is 17.2 Å². The molecule has 13 nitrogen and oxygen atoms in total. The lowest BCUT2D eigenvalue weighted by Gasteiger charge is -2.39. The van der Waals surface area contributed by atoms with Crippen molar-refractivity contribution in [2.75, 3.05) is 13.2 Å². The molecule has 0 atom stereocenters. The quantitative estimate of drug-likeness (QED) is 0.181. The zero-order valence-electron chi connectivity index (χ0n) is 19.7. The van der Waals surface area contributed by atoms with E-state index in [0.29, 0.717) is 29.5 Å². The highest BCUT2D eigenvalue weighted by atomic mass is 16.9. The molecule has 1 saturated carbocycles. The fraction of sp³-hybridized carbons (Fsp3) is 0.417. The number of fused-ring (bicyclic) bond motifs is 1. The van der Waals surface area contributed by atoms with Gasteiger partial charge in [0, 0.05) is 11.1 Å². The number of esters is 2. The van der Waals surface area contributed by atoms with Crippen LogP contribution in [-0.2, 0) is 20.9 Å². The summed E-state index contributed by atoms with van der Waals surface area (Å²) in [7, 11) is 0. The van der Waals surface area contributed by atoms with Crippen molar-refractivity contribution in [1.29, 1.82) is 0 Å². The van der Waals surface area contributed by atoms with Gasteiger partial charge in [-0.2, -0.15) is 0 Å². The van der Waals surface area contributed by atoms with E-state index in [1.807, 2.05) is 0 Å². The summed E-state index contributed by atoms with van der Waals surface area (Å²) in [6, 6.07) is 7.08. The minimum Gasteiger partial charge on any atom is -0.488 e. The van der Waals surface area contributed by atoms with Gasteiger partial charge in [0.2, 0.25) is 5.75 Å². The van der Waals surface area contributed by atoms with Crippen molar-refractivity contribution in [2.24, 2.45) is 5.41 Å². The minimum atomic E-state index is -3.79. The lowest BCUT2D eigenvalue weighted by atomic mass is 9.69. The highest BCUT2D eigenvalue weighted by Crippen LogP contribution is 2.49. The molecule has 0 saturated heterocycles. The van der Waals surface area contributed by atoms with Crippen LogP contribution in [0.1, 0.15) is 42.1 Å². The Hall–Kier alpha value is -3.46. The fourth-order valence-electron chi connectivity index (χ4n) is 4.18. The number of hydrogen-bond donors (Lipinski definition) is 6. The normalized spacial score (nSPS) is 16.4. The molecule has 0 unspecified atom stereocenters. The van der Waals surface area contributed by atoms with E-state index in [9.17, 15) is 40.2 Å². The highest BCUT2D eigenvalue weighted by Gasteiger charge is 2.47. The first-order valence-corrected chi connectivity index (χ1v) is 11.3. The molecule has 37 heavy (non-hydrogen) atoms. The number of rotatable bonds is 10. The lowest BCUT2D eigenvalue weighted by Crippen LogP contribution is -2.44. The molecule has 0 bridgehead atoms. The minimum absolute atomic E-state index is 0.0177. The summed E-state index contributed by atoms with van der Waals surface area (Å²) >= 11 is 0. The molecule has 1 aliphatic heterocycles. The number of carbonyl (C=O) groups excluding carboxylic acids is 2. The maximum atomic E-state index is 12.6. The standard InChI is InChI=1S/C24H26O13/c1-2-33-21(26)22(8-3-9-22)12-35-18-15(13-4-5-16-14(10-13)11-34-20(16)25)6-7-17(36-23(27,28)29)19(18)37-24(30,31)32/h4-7,10,27-32H,2-3,8-9,11-12H2,1H3. The second kappa shape index (κ2) is 9.78. The van der Waals surface area contributed by atoms with Gasteiger partial charge in [-0.05, 0) is 49.6 Å². The highest BCUT2D eigenvalue weighted by molar-refractivity contribution is 5.94. The van der Waals surface area contributed by atoms with Crippen LogP contribution in [0.4, 0.5) is 0 Å². The van der Waals surface area contributed by atoms with Crippen LogP contribution in [0.15, 0.2) is 30.3 Å². The van der Waals surface area contributed by atoms with Crippen LogP contribution in [0.2, 0.25) is 0 Å². The van der Waals surface area contributed by atoms with E-state index in [4.69, 9.17) is 18.9 Å². The van der Waals surface area contributed by atoms with Crippen molar-refractivity contribution in [2.45, 2.75) is 45.1 Å². The summed E-state index contributed by atoms with van der Waals surface area (Å²) in [5.41, 5.74) is 0.517. The van der Waals surface area contributed by atoms with E-state index in [2.05, 4.69) is 4.74 Å². The molecule has 1 heterocycles. The Kier molecular flexibility index (Phi) is 7.03. The molecule has 0 spiro atoms. The topological polar surface area (TPSA) is 202 Å². The van der Waals surface area contributed by atoms with Crippen molar-refractivity contribution < 1.29 is 63.9 Å². The van der Waals surface area contributed by atoms with Crippen LogP contribution in [-0.4, -0.2) is 68.1 Å². The molecule has 0 amide bonds. The first-order valence-electron chi connectivity index (χ1n) is 11.3. The monoisotopic (exact) mass is 522 g/mol. The molecule has 1 fully saturated rings. The van der Waals surface area contributed by atoms with Crippen molar-refractivity contribution in [3.8, 4) is 28.4 Å². The molecule has 1 aliphatic carbocycles. The summed E-state index contributed by atoms with van der Waals surface area (Å²) in [5.74, 6) is -2.73. The molecule has 2 aromatic carbocycles. The van der Waals surface area contributed by atoms with E-state index in [1.54, 1.807) is 19.1 Å². The van der Waals surface area contributed by atoms with Crippen molar-refractivity contribution >= 4 is 11.9 Å². The molecular weight excluding hydrogens is 496 g/mol. The fourth-order valence-corrected chi connectivity index (χ4v) is 4.18. The average Bonchev–Trinajstić information content (AvgIpc) is 3.13. The zero-order chi connectivity index (χ0) is 27.0. The Balaban J connectivity index is 1.83. The van der Waals surface area contributed by atoms with Gasteiger partial charge >= 0.3 is 24.3 Å². The van der Waals surface area contributed by atoms with Gasteiger partial charge in [0.1, 0.15) is 18.6 Å². The van der Waals surface area contributed by atoms with E-state index in [1.165, 1.54) is 12.1 Å². The third-order valence-electron chi connectivity index (χ3n) is 6.07. The first-order chi connectivity index (χ1) is 17.3. The Morgan fingerprint density at radius 1 is 0.973 bits per heavy atom. The largest absolute Gasteiger partial charge is 0.488 e. The maximum Gasteiger partial charge on any atom is 0.453 e. The Labute approximate surface area is 210 Å². The van der Waals surface area contributed by atoms with E-state index >= 15 is 0 Å². The molecule has 200 valence electrons. The van der Waals surface area contributed by atoms with E-state index in [-0.39, 0.29) is 31.1 Å². The molecule has 0 radical (unpaired) electrons. The number of benzene rings is 2. The third kappa shape index (κ3) is 5.77. The van der Waals surface area contributed by atoms with Crippen LogP contribution in [0, 0.1) is 5.41 Å². The molecule has 13 heteroatoms. The predicted molar refractivity (Wildman–Crippen MR) is 119 cm³/mol. The molecule has 6 N–H and O–H groups in total. The average molecular weight is 522 g/mol. The Morgan fingerprint density at radius 3 is 2.24 bits per heavy atom. The summed E-state index contributed by atoms with van der Waals surface area (Å²) in [6.07, 6.45) is -5.88. The van der Waals surface area contributed by atoms with Gasteiger partial charge in [0.25, 0.3) is 0 Å². The smallest absolute Gasteiger partial charge is 0.453 e. The molecule has 4 rings (SSSR count). The van der Waals surface area contributed by atoms with Gasteiger partial charge in [-0.25, -0.2) is 4.79 Å². The maximum absolute atomic E-state index is 12.6. The second-order valence-corrected chi connectivity index (χ2v) is 8.71. The third-order valence-corrected chi connectivity index (χ3v) is 6.07. The molecule has 0 aromatic heterocycles. The van der Waals surface area contributed by atoms with Gasteiger partial charge in [0.15, 0.2) is 11.5 Å². The lowest BCUT2D eigenvalue weighted by molar-refractivity contribution is -0.428. The number of ether oxygens (including phenoxy) is 5. The van der Waals surface area contributed by atoms with Gasteiger partial charge in [-0.3, -0.25) is 4.79 Å². The van der Waals surface area contributed by atoms with Crippen LogP contribution in [0.25, 0.3) is 11.1 Å². The molecular formula is C24H26O13. The summed E-state index contributed by atoms with van der Waals surface area (Å²) in [5, 5.41) is 56.6. The van der Waals surface area contributed by atoms with Gasteiger partial charge in [-0.1, -0.05) is 12.5 Å². The molecule has 2 aliphatic rings. The van der Waals surface area contributed by atoms with Gasteiger partial charge in [0.05, 0.1) is 12.2 Å². The van der Waals surface area contributed by atoms with Crippen molar-refractivity contribution in [3.05, 3.63) is 41.5 Å². The first kappa shape index (κ1) is 26.6. The summed E-state index contributed by atoms with van der Waals surface area (Å²) in [4.78, 5) is 24.5. The second-order valence-electron chi connectivity index (χ2n) is 8.71. The Bertz CT molecular complexity index is 1190. The van der Waals surface area contributed by atoms with Crippen molar-refractivity contribution in [3.63, 3.8) is 0 Å². The number of carbonyl (C=O) groups is 2. The van der Waals surface area contributed by atoms with Crippen molar-refractivity contribution in [1.82, 2.24) is 0 Å². The predicted octanol–water partition coefficient (Wildman–Crippen LogP) is 0.0702. The SMILES string of the molecule is CCOC(=O)C1(COc2c(-c3ccc4c(c3)COC4=O)ccc(OC(O)(O)O)c2OC(O)(O)O)CCC1. The van der Waals surface area contributed by atoms with E-state index < -0.39 is 41.2 Å². The number of hydrogen-bond acceptors (Lipinski definition) is 13. The number of cyclic esters (lactones) is 1. The summed E-state index contributed by atoms with van der Waals surface area (Å²) < 4.78 is 25.6. The van der Waals surface area contributed by atoms with Gasteiger partial charge in [-0.15, -0.1) is 0 Å². The Morgan fingerprint density at radius 2 is 1.65 bits per heavy atom. The summed E-state index contributed by atoms with van der Waals surface area (Å²) in [6.45, 7) is 1.56. The number of aliphatic hydroxyl groups is 6. The van der Waals surface area contributed by atoms with Crippen LogP contribution in [0.3, 0.4) is 0 Å². The molecule has 2 aromatic rings.